The number of carbonyl (C=O) groups is 2. The first kappa shape index (κ1) is 14.2. The van der Waals surface area contributed by atoms with Crippen LogP contribution in [0.15, 0.2) is 12.5 Å². The predicted octanol–water partition coefficient (Wildman–Crippen LogP) is 0.958. The van der Waals surface area contributed by atoms with E-state index in [1.165, 1.54) is 6.33 Å². The van der Waals surface area contributed by atoms with E-state index < -0.39 is 12.0 Å². The highest BCUT2D eigenvalue weighted by Crippen LogP contribution is 2.07. The number of aromatic amines is 1. The number of aliphatic carboxylic acids is 1. The first-order valence-corrected chi connectivity index (χ1v) is 6.02. The van der Waals surface area contributed by atoms with E-state index >= 15 is 0 Å². The molecule has 0 saturated carbocycles. The zero-order valence-electron chi connectivity index (χ0n) is 10.6. The lowest BCUT2D eigenvalue weighted by molar-refractivity contribution is -0.141. The molecule has 0 aromatic carbocycles. The molecule has 0 bridgehead atoms. The molecule has 0 aliphatic rings. The number of rotatable bonds is 7. The van der Waals surface area contributed by atoms with Crippen molar-refractivity contribution in [2.75, 3.05) is 0 Å². The van der Waals surface area contributed by atoms with Gasteiger partial charge in [0.05, 0.1) is 6.33 Å². The van der Waals surface area contributed by atoms with E-state index in [1.807, 2.05) is 13.8 Å². The van der Waals surface area contributed by atoms with Gasteiger partial charge in [0.1, 0.15) is 6.04 Å². The lowest BCUT2D eigenvalue weighted by Crippen LogP contribution is -2.42. The van der Waals surface area contributed by atoms with Gasteiger partial charge in [0.15, 0.2) is 0 Å². The third-order valence-corrected chi connectivity index (χ3v) is 2.84. The van der Waals surface area contributed by atoms with Crippen molar-refractivity contribution in [3.63, 3.8) is 0 Å². The van der Waals surface area contributed by atoms with Crippen molar-refractivity contribution >= 4 is 11.9 Å². The number of amides is 1. The molecule has 0 saturated heterocycles. The predicted molar refractivity (Wildman–Crippen MR) is 65.9 cm³/mol. The molecule has 0 radical (unpaired) electrons. The standard InChI is InChI=1S/C12H19N3O3/c1-3-8(2)4-11(16)15-10(12(17)18)5-9-6-13-7-14-9/h6-8,10H,3-5H2,1-2H3,(H,13,14)(H,15,16)(H,17,18)/t8?,10-/m0/s1. The quantitative estimate of drug-likeness (QED) is 0.674. The smallest absolute Gasteiger partial charge is 0.326 e. The zero-order chi connectivity index (χ0) is 13.5. The highest BCUT2D eigenvalue weighted by Gasteiger charge is 2.21. The Morgan fingerprint density at radius 2 is 2.28 bits per heavy atom. The number of hydrogen-bond acceptors (Lipinski definition) is 3. The molecule has 18 heavy (non-hydrogen) atoms. The van der Waals surface area contributed by atoms with Crippen molar-refractivity contribution in [3.8, 4) is 0 Å². The summed E-state index contributed by atoms with van der Waals surface area (Å²) in [6.07, 6.45) is 4.49. The molecule has 1 aromatic rings. The molecule has 1 rings (SSSR count). The van der Waals surface area contributed by atoms with Crippen LogP contribution in [0.5, 0.6) is 0 Å². The number of nitrogens with one attached hydrogen (secondary N) is 2. The molecule has 6 nitrogen and oxygen atoms in total. The van der Waals surface area contributed by atoms with E-state index in [9.17, 15) is 9.59 Å². The fourth-order valence-electron chi connectivity index (χ4n) is 1.53. The normalized spacial score (nSPS) is 13.9. The number of imidazole rings is 1. The van der Waals surface area contributed by atoms with Crippen molar-refractivity contribution < 1.29 is 14.7 Å². The molecule has 1 heterocycles. The van der Waals surface area contributed by atoms with Crippen molar-refractivity contribution in [1.82, 2.24) is 15.3 Å². The molecule has 0 fully saturated rings. The topological polar surface area (TPSA) is 95.1 Å². The van der Waals surface area contributed by atoms with Gasteiger partial charge in [-0.2, -0.15) is 0 Å². The van der Waals surface area contributed by atoms with Gasteiger partial charge in [-0.1, -0.05) is 20.3 Å². The SMILES string of the molecule is CCC(C)CC(=O)N[C@@H](Cc1cnc[nH]1)C(=O)O. The Kier molecular flexibility index (Phi) is 5.35. The fraction of sp³-hybridized carbons (Fsp3) is 0.583. The maximum absolute atomic E-state index is 11.7. The van der Waals surface area contributed by atoms with Crippen molar-refractivity contribution in [3.05, 3.63) is 18.2 Å². The summed E-state index contributed by atoms with van der Waals surface area (Å²) in [6, 6.07) is -0.915. The van der Waals surface area contributed by atoms with Crippen LogP contribution < -0.4 is 5.32 Å². The number of nitrogens with zero attached hydrogens (tertiary/aromatic N) is 1. The minimum Gasteiger partial charge on any atom is -0.480 e. The lowest BCUT2D eigenvalue weighted by Gasteiger charge is -2.15. The second-order valence-corrected chi connectivity index (χ2v) is 4.46. The Balaban J connectivity index is 2.53. The molecule has 100 valence electrons. The molecule has 0 aliphatic heterocycles. The second kappa shape index (κ2) is 6.78. The number of carboxylic acids is 1. The molecule has 0 aliphatic carbocycles. The van der Waals surface area contributed by atoms with Gasteiger partial charge >= 0.3 is 5.97 Å². The van der Waals surface area contributed by atoms with Crippen LogP contribution in [-0.4, -0.2) is 33.0 Å². The largest absolute Gasteiger partial charge is 0.480 e. The second-order valence-electron chi connectivity index (χ2n) is 4.46. The van der Waals surface area contributed by atoms with E-state index in [4.69, 9.17) is 5.11 Å². The number of hydrogen-bond donors (Lipinski definition) is 3. The first-order valence-electron chi connectivity index (χ1n) is 6.02. The third kappa shape index (κ3) is 4.57. The van der Waals surface area contributed by atoms with Crippen LogP contribution in [0.3, 0.4) is 0 Å². The van der Waals surface area contributed by atoms with Crippen LogP contribution >= 0.6 is 0 Å². The van der Waals surface area contributed by atoms with E-state index in [1.54, 1.807) is 6.20 Å². The van der Waals surface area contributed by atoms with Crippen LogP contribution in [0.1, 0.15) is 32.4 Å². The van der Waals surface area contributed by atoms with Gasteiger partial charge in [-0.05, 0) is 5.92 Å². The summed E-state index contributed by atoms with van der Waals surface area (Å²) in [4.78, 5) is 29.4. The van der Waals surface area contributed by atoms with E-state index in [0.717, 1.165) is 6.42 Å². The molecular formula is C12H19N3O3. The van der Waals surface area contributed by atoms with Crippen molar-refractivity contribution in [1.29, 1.82) is 0 Å². The summed E-state index contributed by atoms with van der Waals surface area (Å²) in [5, 5.41) is 11.6. The minimum absolute atomic E-state index is 0.210. The summed E-state index contributed by atoms with van der Waals surface area (Å²) in [7, 11) is 0. The van der Waals surface area contributed by atoms with Crippen molar-refractivity contribution in [2.45, 2.75) is 39.2 Å². The maximum Gasteiger partial charge on any atom is 0.326 e. The van der Waals surface area contributed by atoms with Gasteiger partial charge < -0.3 is 15.4 Å². The highest BCUT2D eigenvalue weighted by atomic mass is 16.4. The van der Waals surface area contributed by atoms with Gasteiger partial charge in [-0.3, -0.25) is 4.79 Å². The average Bonchev–Trinajstić information content (AvgIpc) is 2.80. The molecule has 2 atom stereocenters. The number of aromatic nitrogens is 2. The monoisotopic (exact) mass is 253 g/mol. The summed E-state index contributed by atoms with van der Waals surface area (Å²) < 4.78 is 0. The van der Waals surface area contributed by atoms with Gasteiger partial charge in [-0.25, -0.2) is 9.78 Å². The van der Waals surface area contributed by atoms with Crippen LogP contribution in [-0.2, 0) is 16.0 Å². The maximum atomic E-state index is 11.7. The number of carboxylic acid groups (broad SMARTS) is 1. The molecule has 0 spiro atoms. The van der Waals surface area contributed by atoms with E-state index in [2.05, 4.69) is 15.3 Å². The molecular weight excluding hydrogens is 234 g/mol. The van der Waals surface area contributed by atoms with E-state index in [0.29, 0.717) is 12.1 Å². The first-order chi connectivity index (χ1) is 8.52. The van der Waals surface area contributed by atoms with Gasteiger partial charge in [0, 0.05) is 24.7 Å². The minimum atomic E-state index is -1.04. The Morgan fingerprint density at radius 3 is 2.78 bits per heavy atom. The van der Waals surface area contributed by atoms with Crippen LogP contribution in [0.2, 0.25) is 0 Å². The third-order valence-electron chi connectivity index (χ3n) is 2.84. The summed E-state index contributed by atoms with van der Waals surface area (Å²) in [5.41, 5.74) is 0.686. The Bertz CT molecular complexity index is 389. The van der Waals surface area contributed by atoms with Crippen LogP contribution in [0.4, 0.5) is 0 Å². The molecule has 1 aromatic heterocycles. The Hall–Kier alpha value is -1.85. The number of H-pyrrole nitrogens is 1. The van der Waals surface area contributed by atoms with Gasteiger partial charge in [0.2, 0.25) is 5.91 Å². The highest BCUT2D eigenvalue weighted by molar-refractivity contribution is 5.83. The van der Waals surface area contributed by atoms with E-state index in [-0.39, 0.29) is 18.2 Å². The summed E-state index contributed by atoms with van der Waals surface area (Å²) in [6.45, 7) is 3.96. The zero-order valence-corrected chi connectivity index (χ0v) is 10.6. The Morgan fingerprint density at radius 1 is 1.56 bits per heavy atom. The van der Waals surface area contributed by atoms with Gasteiger partial charge in [-0.15, -0.1) is 0 Å². The fourth-order valence-corrected chi connectivity index (χ4v) is 1.53. The molecule has 1 unspecified atom stereocenters. The van der Waals surface area contributed by atoms with Crippen LogP contribution in [0, 0.1) is 5.92 Å². The summed E-state index contributed by atoms with van der Waals surface area (Å²) >= 11 is 0. The molecule has 3 N–H and O–H groups in total. The Labute approximate surface area is 106 Å². The van der Waals surface area contributed by atoms with Gasteiger partial charge in [0.25, 0.3) is 0 Å². The lowest BCUT2D eigenvalue weighted by atomic mass is 10.0. The number of carbonyl (C=O) groups excluding carboxylic acids is 1. The molecule has 1 amide bonds. The summed E-state index contributed by atoms with van der Waals surface area (Å²) in [5.74, 6) is -1.01. The van der Waals surface area contributed by atoms with Crippen LogP contribution in [0.25, 0.3) is 0 Å². The average molecular weight is 253 g/mol. The molecule has 6 heteroatoms. The van der Waals surface area contributed by atoms with Crippen molar-refractivity contribution in [2.24, 2.45) is 5.92 Å².